The van der Waals surface area contributed by atoms with Crippen LogP contribution in [-0.4, -0.2) is 29.1 Å². The molecule has 6 nitrogen and oxygen atoms in total. The summed E-state index contributed by atoms with van der Waals surface area (Å²) in [5.74, 6) is 0.896. The highest BCUT2D eigenvalue weighted by atomic mass is 16.5. The number of hydrogen-bond donors (Lipinski definition) is 2. The first-order valence-corrected chi connectivity index (χ1v) is 6.63. The summed E-state index contributed by atoms with van der Waals surface area (Å²) in [5.41, 5.74) is 1.34. The Morgan fingerprint density at radius 1 is 1.19 bits per heavy atom. The quantitative estimate of drug-likeness (QED) is 0.823. The third-order valence-electron chi connectivity index (χ3n) is 2.65. The molecule has 2 rings (SSSR count). The molecule has 0 atom stereocenters. The van der Waals surface area contributed by atoms with Gasteiger partial charge < -0.3 is 15.4 Å². The van der Waals surface area contributed by atoms with Crippen LogP contribution in [0.1, 0.15) is 24.2 Å². The highest BCUT2D eigenvalue weighted by molar-refractivity contribution is 5.89. The second-order valence-corrected chi connectivity index (χ2v) is 4.76. The molecule has 2 N–H and O–H groups in total. The summed E-state index contributed by atoms with van der Waals surface area (Å²) >= 11 is 0. The van der Waals surface area contributed by atoms with Crippen molar-refractivity contribution in [2.45, 2.75) is 19.9 Å². The van der Waals surface area contributed by atoms with Crippen molar-refractivity contribution in [2.24, 2.45) is 0 Å². The zero-order valence-corrected chi connectivity index (χ0v) is 12.3. The maximum absolute atomic E-state index is 11.4. The highest BCUT2D eigenvalue weighted by Gasteiger charge is 2.05. The van der Waals surface area contributed by atoms with Crippen LogP contribution in [0.4, 0.5) is 17.5 Å². The second kappa shape index (κ2) is 6.69. The van der Waals surface area contributed by atoms with Crippen molar-refractivity contribution in [1.82, 2.24) is 9.97 Å². The van der Waals surface area contributed by atoms with Crippen molar-refractivity contribution in [2.75, 3.05) is 17.7 Å². The van der Waals surface area contributed by atoms with Crippen molar-refractivity contribution in [1.29, 1.82) is 0 Å². The molecule has 1 heterocycles. The van der Waals surface area contributed by atoms with E-state index in [1.807, 2.05) is 13.8 Å². The first kappa shape index (κ1) is 14.8. The van der Waals surface area contributed by atoms with Gasteiger partial charge in [0.15, 0.2) is 0 Å². The molecule has 1 aromatic heterocycles. The van der Waals surface area contributed by atoms with E-state index in [1.54, 1.807) is 36.5 Å². The monoisotopic (exact) mass is 286 g/mol. The zero-order valence-electron chi connectivity index (χ0n) is 12.3. The number of methoxy groups -OCH3 is 1. The molecular weight excluding hydrogens is 268 g/mol. The lowest BCUT2D eigenvalue weighted by molar-refractivity contribution is 0.0601. The highest BCUT2D eigenvalue weighted by Crippen LogP contribution is 2.16. The fourth-order valence-corrected chi connectivity index (χ4v) is 1.71. The number of benzene rings is 1. The Hall–Kier alpha value is -2.63. The Morgan fingerprint density at radius 3 is 2.52 bits per heavy atom. The molecule has 2 aromatic rings. The Balaban J connectivity index is 2.09. The molecule has 0 saturated carbocycles. The van der Waals surface area contributed by atoms with E-state index in [1.165, 1.54) is 7.11 Å². The van der Waals surface area contributed by atoms with E-state index < -0.39 is 0 Å². The molecule has 0 aliphatic heterocycles. The topological polar surface area (TPSA) is 76.1 Å². The largest absolute Gasteiger partial charge is 0.465 e. The minimum Gasteiger partial charge on any atom is -0.465 e. The molecule has 21 heavy (non-hydrogen) atoms. The van der Waals surface area contributed by atoms with Gasteiger partial charge in [-0.25, -0.2) is 9.78 Å². The van der Waals surface area contributed by atoms with Gasteiger partial charge in [-0.05, 0) is 44.2 Å². The molecule has 6 heteroatoms. The predicted molar refractivity (Wildman–Crippen MR) is 81.9 cm³/mol. The molecule has 0 spiro atoms. The van der Waals surface area contributed by atoms with E-state index in [4.69, 9.17) is 0 Å². The smallest absolute Gasteiger partial charge is 0.337 e. The lowest BCUT2D eigenvalue weighted by atomic mass is 10.2. The molecule has 0 saturated heterocycles. The van der Waals surface area contributed by atoms with Crippen LogP contribution >= 0.6 is 0 Å². The number of nitrogens with one attached hydrogen (secondary N) is 2. The van der Waals surface area contributed by atoms with Crippen LogP contribution in [0.25, 0.3) is 0 Å². The van der Waals surface area contributed by atoms with E-state index in [0.29, 0.717) is 17.3 Å². The molecular formula is C15H18N4O2. The molecule has 0 bridgehead atoms. The van der Waals surface area contributed by atoms with Crippen molar-refractivity contribution in [3.8, 4) is 0 Å². The fraction of sp³-hybridized carbons (Fsp3) is 0.267. The first-order chi connectivity index (χ1) is 10.1. The van der Waals surface area contributed by atoms with E-state index in [0.717, 1.165) is 5.69 Å². The molecule has 0 radical (unpaired) electrons. The SMILES string of the molecule is COC(=O)c1ccc(Nc2ccnc(NC(C)C)n2)cc1. The summed E-state index contributed by atoms with van der Waals surface area (Å²) in [5, 5.41) is 6.30. The lowest BCUT2D eigenvalue weighted by Gasteiger charge is -2.10. The predicted octanol–water partition coefficient (Wildman–Crippen LogP) is 2.83. The third-order valence-corrected chi connectivity index (χ3v) is 2.65. The van der Waals surface area contributed by atoms with Crippen LogP contribution < -0.4 is 10.6 Å². The maximum Gasteiger partial charge on any atom is 0.337 e. The average molecular weight is 286 g/mol. The van der Waals surface area contributed by atoms with Crippen LogP contribution in [0.2, 0.25) is 0 Å². The van der Waals surface area contributed by atoms with Gasteiger partial charge in [-0.1, -0.05) is 0 Å². The van der Waals surface area contributed by atoms with Crippen LogP contribution in [0.15, 0.2) is 36.5 Å². The van der Waals surface area contributed by atoms with Crippen LogP contribution in [0.5, 0.6) is 0 Å². The maximum atomic E-state index is 11.4. The Bertz CT molecular complexity index is 611. The molecule has 0 aliphatic rings. The summed E-state index contributed by atoms with van der Waals surface area (Å²) in [6.45, 7) is 4.05. The number of ether oxygens (including phenoxy) is 1. The summed E-state index contributed by atoms with van der Waals surface area (Å²) in [4.78, 5) is 19.9. The minimum atomic E-state index is -0.355. The third kappa shape index (κ3) is 4.17. The van der Waals surface area contributed by atoms with Gasteiger partial charge in [0.2, 0.25) is 5.95 Å². The number of hydrogen-bond acceptors (Lipinski definition) is 6. The van der Waals surface area contributed by atoms with Crippen LogP contribution in [-0.2, 0) is 4.74 Å². The van der Waals surface area contributed by atoms with Gasteiger partial charge in [-0.3, -0.25) is 0 Å². The Labute approximate surface area is 123 Å². The van der Waals surface area contributed by atoms with Crippen molar-refractivity contribution >= 4 is 23.4 Å². The summed E-state index contributed by atoms with van der Waals surface area (Å²) in [6.07, 6.45) is 1.68. The Kier molecular flexibility index (Phi) is 4.71. The van der Waals surface area contributed by atoms with Gasteiger partial charge in [0, 0.05) is 17.9 Å². The molecule has 0 amide bonds. The van der Waals surface area contributed by atoms with Gasteiger partial charge in [0.05, 0.1) is 12.7 Å². The number of aromatic nitrogens is 2. The van der Waals surface area contributed by atoms with E-state index in [9.17, 15) is 4.79 Å². The van der Waals surface area contributed by atoms with Crippen LogP contribution in [0, 0.1) is 0 Å². The standard InChI is InChI=1S/C15H18N4O2/c1-10(2)17-15-16-9-8-13(19-15)18-12-6-4-11(5-7-12)14(20)21-3/h4-10H,1-3H3,(H2,16,17,18,19). The van der Waals surface area contributed by atoms with Crippen LogP contribution in [0.3, 0.4) is 0 Å². The summed E-state index contributed by atoms with van der Waals surface area (Å²) < 4.78 is 4.66. The number of rotatable bonds is 5. The van der Waals surface area contributed by atoms with E-state index >= 15 is 0 Å². The van der Waals surface area contributed by atoms with Crippen molar-refractivity contribution < 1.29 is 9.53 Å². The molecule has 0 fully saturated rings. The number of nitrogens with zero attached hydrogens (tertiary/aromatic N) is 2. The van der Waals surface area contributed by atoms with Crippen molar-refractivity contribution in [3.05, 3.63) is 42.1 Å². The molecule has 0 aliphatic carbocycles. The van der Waals surface area contributed by atoms with Gasteiger partial charge >= 0.3 is 5.97 Å². The lowest BCUT2D eigenvalue weighted by Crippen LogP contribution is -2.12. The minimum absolute atomic E-state index is 0.264. The number of anilines is 3. The summed E-state index contributed by atoms with van der Waals surface area (Å²) in [6, 6.07) is 9.03. The number of carbonyl (C=O) groups is 1. The van der Waals surface area contributed by atoms with Crippen molar-refractivity contribution in [3.63, 3.8) is 0 Å². The van der Waals surface area contributed by atoms with Gasteiger partial charge in [-0.15, -0.1) is 0 Å². The summed E-state index contributed by atoms with van der Waals surface area (Å²) in [7, 11) is 1.36. The molecule has 0 unspecified atom stereocenters. The number of esters is 1. The fourth-order valence-electron chi connectivity index (χ4n) is 1.71. The molecule has 1 aromatic carbocycles. The molecule has 110 valence electrons. The first-order valence-electron chi connectivity index (χ1n) is 6.63. The van der Waals surface area contributed by atoms with E-state index in [-0.39, 0.29) is 12.0 Å². The number of carbonyl (C=O) groups excluding carboxylic acids is 1. The normalized spacial score (nSPS) is 10.3. The van der Waals surface area contributed by atoms with Gasteiger partial charge in [0.1, 0.15) is 5.82 Å². The average Bonchev–Trinajstić information content (AvgIpc) is 2.47. The van der Waals surface area contributed by atoms with Gasteiger partial charge in [0.25, 0.3) is 0 Å². The Morgan fingerprint density at radius 2 is 1.90 bits per heavy atom. The van der Waals surface area contributed by atoms with E-state index in [2.05, 4.69) is 25.3 Å². The zero-order chi connectivity index (χ0) is 15.2. The second-order valence-electron chi connectivity index (χ2n) is 4.76. The van der Waals surface area contributed by atoms with Gasteiger partial charge in [-0.2, -0.15) is 4.98 Å².